The SMILES string of the molecule is CCO[Si]([O-])([O-])[O-].[Fe+3]. The van der Waals surface area contributed by atoms with Crippen molar-refractivity contribution < 1.29 is 35.9 Å². The summed E-state index contributed by atoms with van der Waals surface area (Å²) in [5.74, 6) is 0. The molecular weight excluding hydrogens is 172 g/mol. The van der Waals surface area contributed by atoms with E-state index in [4.69, 9.17) is 0 Å². The summed E-state index contributed by atoms with van der Waals surface area (Å²) in [5, 5.41) is 0. The Hall–Kier alpha value is 0.576. The fourth-order valence-corrected chi connectivity index (χ4v) is 0.530. The Bertz CT molecular complexity index is 52.5. The maximum absolute atomic E-state index is 9.51. The van der Waals surface area contributed by atoms with E-state index in [0.717, 1.165) is 0 Å². The Labute approximate surface area is 59.1 Å². The van der Waals surface area contributed by atoms with E-state index in [1.54, 1.807) is 0 Å². The fourth-order valence-electron chi connectivity index (χ4n) is 0.177. The molecule has 8 heavy (non-hydrogen) atoms. The normalized spacial score (nSPS) is 10.5. The second kappa shape index (κ2) is 4.45. The van der Waals surface area contributed by atoms with Crippen LogP contribution in [0.2, 0.25) is 0 Å². The summed E-state index contributed by atoms with van der Waals surface area (Å²) in [6, 6.07) is 0. The third kappa shape index (κ3) is 9.76. The molecule has 0 atom stereocenters. The quantitative estimate of drug-likeness (QED) is 0.410. The van der Waals surface area contributed by atoms with E-state index >= 15 is 0 Å². The second-order valence-corrected chi connectivity index (χ2v) is 2.22. The van der Waals surface area contributed by atoms with E-state index in [-0.39, 0.29) is 23.7 Å². The van der Waals surface area contributed by atoms with Crippen LogP contribution in [0, 0.1) is 0 Å². The van der Waals surface area contributed by atoms with Crippen molar-refractivity contribution in [1.82, 2.24) is 0 Å². The van der Waals surface area contributed by atoms with Gasteiger partial charge in [0.15, 0.2) is 0 Å². The Kier molecular flexibility index (Phi) is 6.34. The molecule has 0 aromatic rings. The smallest absolute Gasteiger partial charge is 0.861 e. The number of hydrogen-bond acceptors (Lipinski definition) is 4. The summed E-state index contributed by atoms with van der Waals surface area (Å²) >= 11 is 0. The van der Waals surface area contributed by atoms with Crippen molar-refractivity contribution in [2.75, 3.05) is 6.61 Å². The van der Waals surface area contributed by atoms with E-state index in [1.807, 2.05) is 0 Å². The molecular formula is C2H5FeO4Si. The molecule has 0 aromatic carbocycles. The van der Waals surface area contributed by atoms with Crippen LogP contribution >= 0.6 is 0 Å². The standard InChI is InChI=1S/C2H5O4Si.Fe/c1-2-6-7(3,4)5;/h2H2,1H3;/q-3;+3. The zero-order valence-corrected chi connectivity index (χ0v) is 6.30. The van der Waals surface area contributed by atoms with Gasteiger partial charge in [-0.15, -0.1) is 9.05 Å². The van der Waals surface area contributed by atoms with Gasteiger partial charge >= 0.3 is 17.1 Å². The minimum Gasteiger partial charge on any atom is -0.861 e. The van der Waals surface area contributed by atoms with Crippen LogP contribution in [0.4, 0.5) is 0 Å². The molecule has 0 aromatic heterocycles. The first kappa shape index (κ1) is 11.4. The molecule has 0 rings (SSSR count). The van der Waals surface area contributed by atoms with Gasteiger partial charge in [0.05, 0.1) is 0 Å². The van der Waals surface area contributed by atoms with Gasteiger partial charge in [0.1, 0.15) is 0 Å². The van der Waals surface area contributed by atoms with Crippen molar-refractivity contribution in [1.29, 1.82) is 0 Å². The molecule has 0 aliphatic rings. The van der Waals surface area contributed by atoms with Gasteiger partial charge in [-0.2, -0.15) is 0 Å². The fraction of sp³-hybridized carbons (Fsp3) is 1.00. The molecule has 0 saturated heterocycles. The Morgan fingerprint density at radius 2 is 1.75 bits per heavy atom. The predicted molar refractivity (Wildman–Crippen MR) is 17.4 cm³/mol. The maximum atomic E-state index is 9.51. The van der Waals surface area contributed by atoms with Gasteiger partial charge in [0, 0.05) is 6.61 Å². The number of hydrogen-bond donors (Lipinski definition) is 0. The van der Waals surface area contributed by atoms with Crippen LogP contribution in [0.1, 0.15) is 6.92 Å². The van der Waals surface area contributed by atoms with Gasteiger partial charge in [-0.25, -0.2) is 0 Å². The molecule has 0 fully saturated rings. The van der Waals surface area contributed by atoms with Crippen molar-refractivity contribution in [2.24, 2.45) is 0 Å². The van der Waals surface area contributed by atoms with Crippen molar-refractivity contribution in [3.63, 3.8) is 0 Å². The van der Waals surface area contributed by atoms with Gasteiger partial charge in [0.25, 0.3) is 0 Å². The molecule has 4 nitrogen and oxygen atoms in total. The summed E-state index contributed by atoms with van der Waals surface area (Å²) in [4.78, 5) is 28.5. The molecule has 0 saturated carbocycles. The largest absolute Gasteiger partial charge is 3.00 e. The summed E-state index contributed by atoms with van der Waals surface area (Å²) in [6.45, 7) is 1.37. The molecule has 6 heteroatoms. The van der Waals surface area contributed by atoms with Crippen LogP contribution in [0.25, 0.3) is 0 Å². The van der Waals surface area contributed by atoms with E-state index < -0.39 is 9.05 Å². The molecule has 0 amide bonds. The summed E-state index contributed by atoms with van der Waals surface area (Å²) in [6.07, 6.45) is 0. The second-order valence-electron chi connectivity index (χ2n) is 0.933. The molecule has 0 aliphatic carbocycles. The van der Waals surface area contributed by atoms with E-state index in [2.05, 4.69) is 4.43 Å². The molecule has 49 valence electrons. The van der Waals surface area contributed by atoms with Gasteiger partial charge in [-0.1, -0.05) is 0 Å². The molecule has 1 radical (unpaired) electrons. The van der Waals surface area contributed by atoms with Gasteiger partial charge in [0.2, 0.25) is 0 Å². The first-order valence-electron chi connectivity index (χ1n) is 1.81. The first-order chi connectivity index (χ1) is 3.06. The molecule has 0 spiro atoms. The predicted octanol–water partition coefficient (Wildman–Crippen LogP) is -3.46. The van der Waals surface area contributed by atoms with E-state index in [9.17, 15) is 14.4 Å². The average molecular weight is 177 g/mol. The zero-order valence-electron chi connectivity index (χ0n) is 4.19. The molecule has 0 bridgehead atoms. The monoisotopic (exact) mass is 177 g/mol. The molecule has 0 N–H and O–H groups in total. The third-order valence-electron chi connectivity index (χ3n) is 0.321. The summed E-state index contributed by atoms with van der Waals surface area (Å²) in [7, 11) is -4.91. The first-order valence-corrected chi connectivity index (χ1v) is 3.45. The molecule has 0 heterocycles. The minimum absolute atomic E-state index is 0. The van der Waals surface area contributed by atoms with E-state index in [1.165, 1.54) is 6.92 Å². The Morgan fingerprint density at radius 3 is 1.75 bits per heavy atom. The summed E-state index contributed by atoms with van der Waals surface area (Å²) < 4.78 is 3.70. The van der Waals surface area contributed by atoms with Crippen LogP contribution in [-0.2, 0) is 21.5 Å². The van der Waals surface area contributed by atoms with Gasteiger partial charge in [-0.3, -0.25) is 0 Å². The Balaban J connectivity index is 0. The summed E-state index contributed by atoms with van der Waals surface area (Å²) in [5.41, 5.74) is 0. The Morgan fingerprint density at radius 1 is 1.38 bits per heavy atom. The van der Waals surface area contributed by atoms with Crippen LogP contribution in [-0.4, -0.2) is 15.7 Å². The molecule has 0 unspecified atom stereocenters. The average Bonchev–Trinajstić information content (AvgIpc) is 1.30. The van der Waals surface area contributed by atoms with Gasteiger partial charge in [-0.05, 0) is 6.92 Å². The zero-order chi connectivity index (χ0) is 5.91. The van der Waals surface area contributed by atoms with Crippen molar-refractivity contribution in [3.8, 4) is 0 Å². The number of rotatable bonds is 2. The third-order valence-corrected chi connectivity index (χ3v) is 0.963. The van der Waals surface area contributed by atoms with Crippen molar-refractivity contribution in [2.45, 2.75) is 6.92 Å². The topological polar surface area (TPSA) is 78.4 Å². The van der Waals surface area contributed by atoms with Gasteiger partial charge < -0.3 is 18.8 Å². The van der Waals surface area contributed by atoms with Crippen LogP contribution < -0.4 is 14.4 Å². The maximum Gasteiger partial charge on any atom is 3.00 e. The molecule has 0 aliphatic heterocycles. The van der Waals surface area contributed by atoms with Crippen LogP contribution in [0.15, 0.2) is 0 Å². The van der Waals surface area contributed by atoms with E-state index in [0.29, 0.717) is 0 Å². The van der Waals surface area contributed by atoms with Crippen molar-refractivity contribution in [3.05, 3.63) is 0 Å². The van der Waals surface area contributed by atoms with Crippen molar-refractivity contribution >= 4 is 9.05 Å². The van der Waals surface area contributed by atoms with Crippen LogP contribution in [0.3, 0.4) is 0 Å². The minimum atomic E-state index is -4.91. The van der Waals surface area contributed by atoms with Crippen LogP contribution in [0.5, 0.6) is 0 Å².